The van der Waals surface area contributed by atoms with Gasteiger partial charge in [-0.15, -0.1) is 36.2 Å². The molecule has 0 unspecified atom stereocenters. The van der Waals surface area contributed by atoms with Crippen LogP contribution in [0.1, 0.15) is 39.3 Å². The number of anilines is 1. The van der Waals surface area contributed by atoms with Gasteiger partial charge in [-0.3, -0.25) is 9.59 Å². The number of hydrogen-bond acceptors (Lipinski definition) is 5. The molecule has 6 nitrogen and oxygen atoms in total. The zero-order valence-electron chi connectivity index (χ0n) is 16.1. The molecule has 2 atom stereocenters. The molecule has 2 fully saturated rings. The van der Waals surface area contributed by atoms with E-state index in [1.807, 2.05) is 31.1 Å². The summed E-state index contributed by atoms with van der Waals surface area (Å²) in [4.78, 5) is 31.0. The average molecular weight is 437 g/mol. The van der Waals surface area contributed by atoms with E-state index in [1.165, 1.54) is 11.3 Å². The SMILES string of the molecule is CC(C)(C)C(=O)Nc1nc(CC(=O)N2CC[C@@H]3CNC[C@@H]3CC2)cs1.Cl.Cl. The van der Waals surface area contributed by atoms with Crippen LogP contribution in [-0.4, -0.2) is 47.9 Å². The first kappa shape index (κ1) is 24.1. The second kappa shape index (κ2) is 10.0. The number of hydrogen-bond donors (Lipinski definition) is 2. The van der Waals surface area contributed by atoms with E-state index in [1.54, 1.807) is 0 Å². The third-order valence-electron chi connectivity index (χ3n) is 5.16. The predicted octanol–water partition coefficient (Wildman–Crippen LogP) is 2.97. The summed E-state index contributed by atoms with van der Waals surface area (Å²) in [7, 11) is 0. The van der Waals surface area contributed by atoms with Gasteiger partial charge in [-0.25, -0.2) is 4.98 Å². The van der Waals surface area contributed by atoms with Gasteiger partial charge in [0.25, 0.3) is 0 Å². The normalized spacial score (nSPS) is 22.1. The van der Waals surface area contributed by atoms with Crippen molar-refractivity contribution in [3.8, 4) is 0 Å². The van der Waals surface area contributed by atoms with E-state index in [0.29, 0.717) is 11.6 Å². The summed E-state index contributed by atoms with van der Waals surface area (Å²) in [6, 6.07) is 0. The second-order valence-electron chi connectivity index (χ2n) is 8.16. The molecule has 0 radical (unpaired) electrons. The van der Waals surface area contributed by atoms with Gasteiger partial charge >= 0.3 is 0 Å². The van der Waals surface area contributed by atoms with Crippen LogP contribution in [0.4, 0.5) is 5.13 Å². The zero-order chi connectivity index (χ0) is 18.0. The van der Waals surface area contributed by atoms with Crippen molar-refractivity contribution in [2.75, 3.05) is 31.5 Å². The van der Waals surface area contributed by atoms with Crippen molar-refractivity contribution in [1.82, 2.24) is 15.2 Å². The number of rotatable bonds is 3. The number of aromatic nitrogens is 1. The molecule has 0 aliphatic carbocycles. The summed E-state index contributed by atoms with van der Waals surface area (Å²) in [5, 5.41) is 8.72. The Morgan fingerprint density at radius 3 is 2.37 bits per heavy atom. The summed E-state index contributed by atoms with van der Waals surface area (Å²) < 4.78 is 0. The fraction of sp³-hybridized carbons (Fsp3) is 0.722. The molecule has 154 valence electrons. The molecular weight excluding hydrogens is 407 g/mol. The summed E-state index contributed by atoms with van der Waals surface area (Å²) >= 11 is 1.38. The summed E-state index contributed by atoms with van der Waals surface area (Å²) in [6.45, 7) is 9.48. The van der Waals surface area contributed by atoms with Crippen LogP contribution in [0.5, 0.6) is 0 Å². The van der Waals surface area contributed by atoms with Crippen molar-refractivity contribution >= 4 is 53.1 Å². The van der Waals surface area contributed by atoms with Gasteiger partial charge in [0, 0.05) is 23.9 Å². The fourth-order valence-corrected chi connectivity index (χ4v) is 4.17. The molecule has 3 rings (SSSR count). The maximum atomic E-state index is 12.6. The summed E-state index contributed by atoms with van der Waals surface area (Å²) in [5.41, 5.74) is 0.283. The Morgan fingerprint density at radius 2 is 1.81 bits per heavy atom. The van der Waals surface area contributed by atoms with E-state index in [0.717, 1.165) is 56.6 Å². The number of likely N-dealkylation sites (tertiary alicyclic amines) is 1. The standard InChI is InChI=1S/C18H28N4O2S.2ClH/c1-18(2,3)16(24)21-17-20-14(11-25-17)8-15(23)22-6-4-12-9-19-10-13(12)5-7-22;;/h11-13,19H,4-10H2,1-3H3,(H,20,21,24);2*1H/t12-,13+;;. The van der Waals surface area contributed by atoms with Crippen LogP contribution < -0.4 is 10.6 Å². The summed E-state index contributed by atoms with van der Waals surface area (Å²) in [6.07, 6.45) is 2.50. The molecule has 0 aromatic carbocycles. The molecule has 0 saturated carbocycles. The zero-order valence-corrected chi connectivity index (χ0v) is 18.6. The number of carbonyl (C=O) groups excluding carboxylic acids is 2. The topological polar surface area (TPSA) is 74.3 Å². The highest BCUT2D eigenvalue weighted by Gasteiger charge is 2.31. The van der Waals surface area contributed by atoms with Crippen LogP contribution in [-0.2, 0) is 16.0 Å². The number of carbonyl (C=O) groups is 2. The molecule has 0 spiro atoms. The largest absolute Gasteiger partial charge is 0.342 e. The highest BCUT2D eigenvalue weighted by atomic mass is 35.5. The third-order valence-corrected chi connectivity index (χ3v) is 5.96. The molecule has 0 bridgehead atoms. The molecule has 3 heterocycles. The Morgan fingerprint density at radius 1 is 1.22 bits per heavy atom. The maximum Gasteiger partial charge on any atom is 0.231 e. The molecule has 2 aliphatic heterocycles. The first-order valence-electron chi connectivity index (χ1n) is 9.07. The van der Waals surface area contributed by atoms with Crippen molar-refractivity contribution in [2.24, 2.45) is 17.3 Å². The minimum atomic E-state index is -0.458. The quantitative estimate of drug-likeness (QED) is 0.763. The lowest BCUT2D eigenvalue weighted by molar-refractivity contribution is -0.130. The minimum absolute atomic E-state index is 0. The third kappa shape index (κ3) is 6.31. The van der Waals surface area contributed by atoms with Gasteiger partial charge in [0.15, 0.2) is 5.13 Å². The Bertz CT molecular complexity index is 634. The lowest BCUT2D eigenvalue weighted by Gasteiger charge is -2.20. The highest BCUT2D eigenvalue weighted by Crippen LogP contribution is 2.27. The van der Waals surface area contributed by atoms with E-state index < -0.39 is 5.41 Å². The summed E-state index contributed by atoms with van der Waals surface area (Å²) in [5.74, 6) is 1.52. The van der Waals surface area contributed by atoms with E-state index in [9.17, 15) is 9.59 Å². The van der Waals surface area contributed by atoms with Crippen molar-refractivity contribution < 1.29 is 9.59 Å². The molecule has 2 saturated heterocycles. The van der Waals surface area contributed by atoms with Crippen LogP contribution in [0, 0.1) is 17.3 Å². The number of fused-ring (bicyclic) bond motifs is 1. The number of amides is 2. The number of halogens is 2. The first-order valence-corrected chi connectivity index (χ1v) is 9.95. The van der Waals surface area contributed by atoms with Gasteiger partial charge in [-0.2, -0.15) is 0 Å². The number of nitrogens with zero attached hydrogens (tertiary/aromatic N) is 2. The second-order valence-corrected chi connectivity index (χ2v) is 9.02. The Kier molecular flexibility index (Phi) is 8.99. The Hall–Kier alpha value is -0.890. The molecule has 2 N–H and O–H groups in total. The van der Waals surface area contributed by atoms with E-state index in [-0.39, 0.29) is 36.6 Å². The number of thiazole rings is 1. The van der Waals surface area contributed by atoms with Gasteiger partial charge < -0.3 is 15.5 Å². The molecule has 27 heavy (non-hydrogen) atoms. The molecule has 1 aromatic rings. The monoisotopic (exact) mass is 436 g/mol. The fourth-order valence-electron chi connectivity index (χ4n) is 3.46. The minimum Gasteiger partial charge on any atom is -0.342 e. The van der Waals surface area contributed by atoms with Crippen LogP contribution in [0.15, 0.2) is 5.38 Å². The molecule has 2 aliphatic rings. The molecule has 9 heteroatoms. The van der Waals surface area contributed by atoms with E-state index in [4.69, 9.17) is 0 Å². The van der Waals surface area contributed by atoms with Gasteiger partial charge in [0.05, 0.1) is 12.1 Å². The molecular formula is C18H30Cl2N4O2S. The smallest absolute Gasteiger partial charge is 0.231 e. The predicted molar refractivity (Wildman–Crippen MR) is 114 cm³/mol. The van der Waals surface area contributed by atoms with Crippen LogP contribution in [0.2, 0.25) is 0 Å². The van der Waals surface area contributed by atoms with E-state index in [2.05, 4.69) is 15.6 Å². The maximum absolute atomic E-state index is 12.6. The first-order chi connectivity index (χ1) is 11.8. The van der Waals surface area contributed by atoms with Gasteiger partial charge in [0.1, 0.15) is 0 Å². The van der Waals surface area contributed by atoms with Gasteiger partial charge in [-0.05, 0) is 37.8 Å². The van der Waals surface area contributed by atoms with Crippen molar-refractivity contribution in [3.63, 3.8) is 0 Å². The van der Waals surface area contributed by atoms with Crippen LogP contribution >= 0.6 is 36.2 Å². The van der Waals surface area contributed by atoms with Gasteiger partial charge in [-0.1, -0.05) is 20.8 Å². The van der Waals surface area contributed by atoms with E-state index >= 15 is 0 Å². The molecule has 2 amide bonds. The van der Waals surface area contributed by atoms with Gasteiger partial charge in [0.2, 0.25) is 11.8 Å². The van der Waals surface area contributed by atoms with Crippen LogP contribution in [0.25, 0.3) is 0 Å². The van der Waals surface area contributed by atoms with Crippen molar-refractivity contribution in [1.29, 1.82) is 0 Å². The average Bonchev–Trinajstić information content (AvgIpc) is 3.11. The lowest BCUT2D eigenvalue weighted by Crippen LogP contribution is -2.34. The van der Waals surface area contributed by atoms with Crippen LogP contribution in [0.3, 0.4) is 0 Å². The lowest BCUT2D eigenvalue weighted by atomic mass is 9.92. The number of nitrogens with one attached hydrogen (secondary N) is 2. The molecule has 1 aromatic heterocycles. The Balaban J connectivity index is 0.00000182. The van der Waals surface area contributed by atoms with Crippen molar-refractivity contribution in [2.45, 2.75) is 40.0 Å². The van der Waals surface area contributed by atoms with Crippen molar-refractivity contribution in [3.05, 3.63) is 11.1 Å². The highest BCUT2D eigenvalue weighted by molar-refractivity contribution is 7.13. The Labute approximate surface area is 177 Å².